The summed E-state index contributed by atoms with van der Waals surface area (Å²) >= 11 is 0. The summed E-state index contributed by atoms with van der Waals surface area (Å²) in [5, 5.41) is 4.73. The van der Waals surface area contributed by atoms with Gasteiger partial charge in [-0.1, -0.05) is 30.3 Å². The van der Waals surface area contributed by atoms with Crippen LogP contribution in [0.5, 0.6) is 0 Å². The van der Waals surface area contributed by atoms with E-state index in [1.165, 1.54) is 11.3 Å². The van der Waals surface area contributed by atoms with Crippen LogP contribution in [0.25, 0.3) is 11.4 Å². The highest BCUT2D eigenvalue weighted by atomic mass is 19.1. The second-order valence-electron chi connectivity index (χ2n) is 6.57. The molecule has 1 aliphatic rings. The zero-order valence-corrected chi connectivity index (χ0v) is 14.3. The van der Waals surface area contributed by atoms with E-state index in [0.717, 1.165) is 48.7 Å². The van der Waals surface area contributed by atoms with Crippen LogP contribution in [0, 0.1) is 6.92 Å². The molecule has 0 spiro atoms. The van der Waals surface area contributed by atoms with Gasteiger partial charge in [0.1, 0.15) is 12.4 Å². The van der Waals surface area contributed by atoms with E-state index in [9.17, 15) is 4.39 Å². The fourth-order valence-corrected chi connectivity index (χ4v) is 3.32. The number of pyridine rings is 1. The molecule has 3 aromatic rings. The van der Waals surface area contributed by atoms with Gasteiger partial charge in [0.05, 0.1) is 17.9 Å². The van der Waals surface area contributed by atoms with Gasteiger partial charge in [0.2, 0.25) is 0 Å². The minimum Gasteiger partial charge on any atom is -0.291 e. The number of aromatic nitrogens is 3. The first kappa shape index (κ1) is 16.0. The molecule has 128 valence electrons. The Morgan fingerprint density at radius 2 is 1.88 bits per heavy atom. The van der Waals surface area contributed by atoms with E-state index in [1.54, 1.807) is 0 Å². The molecule has 0 saturated carbocycles. The average Bonchev–Trinajstić information content (AvgIpc) is 3.06. The molecule has 4 nitrogen and oxygen atoms in total. The minimum atomic E-state index is -0.404. The van der Waals surface area contributed by atoms with Crippen LogP contribution in [-0.4, -0.2) is 26.2 Å². The predicted molar refractivity (Wildman–Crippen MR) is 95.6 cm³/mol. The van der Waals surface area contributed by atoms with Gasteiger partial charge in [0.25, 0.3) is 0 Å². The average molecular weight is 336 g/mol. The Labute approximate surface area is 146 Å². The number of hydrogen-bond acceptors (Lipinski definition) is 3. The van der Waals surface area contributed by atoms with Crippen molar-refractivity contribution in [1.29, 1.82) is 0 Å². The van der Waals surface area contributed by atoms with Crippen LogP contribution in [0.2, 0.25) is 0 Å². The lowest BCUT2D eigenvalue weighted by molar-refractivity contribution is 0.205. The molecule has 1 aliphatic heterocycles. The molecule has 0 atom stereocenters. The smallest absolute Gasteiger partial charge is 0.115 e. The summed E-state index contributed by atoms with van der Waals surface area (Å²) in [4.78, 5) is 6.87. The Kier molecular flexibility index (Phi) is 4.32. The first-order chi connectivity index (χ1) is 12.2. The molecule has 4 rings (SSSR count). The first-order valence-electron chi connectivity index (χ1n) is 8.58. The molecular formula is C20H21FN4. The van der Waals surface area contributed by atoms with E-state index in [2.05, 4.69) is 33.6 Å². The summed E-state index contributed by atoms with van der Waals surface area (Å²) in [6.07, 6.45) is 1.81. The SMILES string of the molecule is Cc1cccnc1-c1cc2n(n1)CCN(Cc1ccc(CF)cc1)C2. The highest BCUT2D eigenvalue weighted by Crippen LogP contribution is 2.23. The molecule has 2 aromatic heterocycles. The Morgan fingerprint density at radius 3 is 2.64 bits per heavy atom. The summed E-state index contributed by atoms with van der Waals surface area (Å²) in [5.41, 5.74) is 6.20. The summed E-state index contributed by atoms with van der Waals surface area (Å²) in [6.45, 7) is 5.23. The van der Waals surface area contributed by atoms with E-state index in [0.29, 0.717) is 0 Å². The van der Waals surface area contributed by atoms with Crippen LogP contribution in [0.3, 0.4) is 0 Å². The number of alkyl halides is 1. The van der Waals surface area contributed by atoms with E-state index in [-0.39, 0.29) is 0 Å². The Morgan fingerprint density at radius 1 is 1.08 bits per heavy atom. The third-order valence-electron chi connectivity index (χ3n) is 4.71. The Bertz CT molecular complexity index is 870. The van der Waals surface area contributed by atoms with Crippen LogP contribution in [-0.2, 0) is 26.3 Å². The third kappa shape index (κ3) is 3.33. The van der Waals surface area contributed by atoms with Crippen molar-refractivity contribution in [2.75, 3.05) is 6.54 Å². The van der Waals surface area contributed by atoms with Crippen molar-refractivity contribution >= 4 is 0 Å². The van der Waals surface area contributed by atoms with Crippen LogP contribution in [0.1, 0.15) is 22.4 Å². The van der Waals surface area contributed by atoms with E-state index < -0.39 is 6.67 Å². The second-order valence-corrected chi connectivity index (χ2v) is 6.57. The van der Waals surface area contributed by atoms with Crippen molar-refractivity contribution in [3.63, 3.8) is 0 Å². The molecule has 0 radical (unpaired) electrons. The normalized spacial score (nSPS) is 14.5. The van der Waals surface area contributed by atoms with Gasteiger partial charge < -0.3 is 0 Å². The van der Waals surface area contributed by atoms with Crippen molar-refractivity contribution in [2.24, 2.45) is 0 Å². The minimum absolute atomic E-state index is 0.404. The number of nitrogens with zero attached hydrogens (tertiary/aromatic N) is 4. The topological polar surface area (TPSA) is 34.0 Å². The van der Waals surface area contributed by atoms with Gasteiger partial charge in [0, 0.05) is 25.8 Å². The van der Waals surface area contributed by atoms with Gasteiger partial charge in [0.15, 0.2) is 0 Å². The Balaban J connectivity index is 1.50. The zero-order valence-electron chi connectivity index (χ0n) is 14.3. The maximum Gasteiger partial charge on any atom is 0.115 e. The van der Waals surface area contributed by atoms with Gasteiger partial charge in [-0.15, -0.1) is 0 Å². The van der Waals surface area contributed by atoms with Crippen LogP contribution in [0.15, 0.2) is 48.7 Å². The van der Waals surface area contributed by atoms with Crippen LogP contribution >= 0.6 is 0 Å². The molecule has 0 amide bonds. The first-order valence-corrected chi connectivity index (χ1v) is 8.58. The lowest BCUT2D eigenvalue weighted by atomic mass is 10.1. The van der Waals surface area contributed by atoms with E-state index >= 15 is 0 Å². The largest absolute Gasteiger partial charge is 0.291 e. The molecule has 25 heavy (non-hydrogen) atoms. The van der Waals surface area contributed by atoms with Gasteiger partial charge >= 0.3 is 0 Å². The molecule has 0 saturated heterocycles. The van der Waals surface area contributed by atoms with Crippen molar-refractivity contribution in [1.82, 2.24) is 19.7 Å². The molecule has 3 heterocycles. The van der Waals surface area contributed by atoms with Crippen molar-refractivity contribution in [3.8, 4) is 11.4 Å². The maximum absolute atomic E-state index is 12.6. The summed E-state index contributed by atoms with van der Waals surface area (Å²) in [6, 6.07) is 13.9. The number of rotatable bonds is 4. The van der Waals surface area contributed by atoms with Crippen molar-refractivity contribution < 1.29 is 4.39 Å². The fourth-order valence-electron chi connectivity index (χ4n) is 3.32. The van der Waals surface area contributed by atoms with Gasteiger partial charge in [-0.25, -0.2) is 4.39 Å². The maximum atomic E-state index is 12.6. The van der Waals surface area contributed by atoms with Gasteiger partial charge in [-0.3, -0.25) is 14.6 Å². The molecule has 0 unspecified atom stereocenters. The highest BCUT2D eigenvalue weighted by Gasteiger charge is 2.20. The van der Waals surface area contributed by atoms with Crippen molar-refractivity contribution in [2.45, 2.75) is 33.2 Å². The summed E-state index contributed by atoms with van der Waals surface area (Å²) in [5.74, 6) is 0. The number of benzene rings is 1. The molecule has 1 aromatic carbocycles. The second kappa shape index (κ2) is 6.76. The number of fused-ring (bicyclic) bond motifs is 1. The molecular weight excluding hydrogens is 315 g/mol. The molecule has 0 N–H and O–H groups in total. The number of halogens is 1. The van der Waals surface area contributed by atoms with Crippen LogP contribution in [0.4, 0.5) is 4.39 Å². The van der Waals surface area contributed by atoms with Gasteiger partial charge in [-0.2, -0.15) is 5.10 Å². The molecule has 0 aliphatic carbocycles. The standard InChI is InChI=1S/C20H21FN4/c1-15-3-2-8-22-20(15)19-11-18-14-24(9-10-25(18)23-19)13-17-6-4-16(12-21)5-7-17/h2-8,11H,9-10,12-14H2,1H3. The number of aryl methyl sites for hydroxylation is 1. The van der Waals surface area contributed by atoms with Crippen LogP contribution < -0.4 is 0 Å². The number of hydrogen-bond donors (Lipinski definition) is 0. The lowest BCUT2D eigenvalue weighted by Gasteiger charge is -2.27. The van der Waals surface area contributed by atoms with Gasteiger partial charge in [-0.05, 0) is 35.7 Å². The van der Waals surface area contributed by atoms with Crippen molar-refractivity contribution in [3.05, 3.63) is 71.0 Å². The lowest BCUT2D eigenvalue weighted by Crippen LogP contribution is -2.33. The quantitative estimate of drug-likeness (QED) is 0.728. The fraction of sp³-hybridized carbons (Fsp3) is 0.300. The monoisotopic (exact) mass is 336 g/mol. The summed E-state index contributed by atoms with van der Waals surface area (Å²) in [7, 11) is 0. The summed E-state index contributed by atoms with van der Waals surface area (Å²) < 4.78 is 14.7. The van der Waals surface area contributed by atoms with E-state index in [1.807, 2.05) is 36.5 Å². The third-order valence-corrected chi connectivity index (χ3v) is 4.71. The molecule has 0 bridgehead atoms. The van der Waals surface area contributed by atoms with E-state index in [4.69, 9.17) is 5.10 Å². The zero-order chi connectivity index (χ0) is 17.2. The predicted octanol–water partition coefficient (Wildman–Crippen LogP) is 3.74. The highest BCUT2D eigenvalue weighted by molar-refractivity contribution is 5.58. The molecule has 5 heteroatoms. The molecule has 0 fully saturated rings. The Hall–Kier alpha value is -2.53.